The predicted molar refractivity (Wildman–Crippen MR) is 156 cm³/mol. The molecule has 3 aromatic heterocycles. The maximum absolute atomic E-state index is 12.5. The number of Topliss-reactive ketones (excluding diaryl/α,β-unsaturated/α-hetero) is 2. The maximum atomic E-state index is 12.5. The molecule has 0 saturated heterocycles. The number of nitrogens with one attached hydrogen (secondary N) is 3. The number of hydrogen-bond donors (Lipinski definition) is 3. The minimum absolute atomic E-state index is 0.0643. The Bertz CT molecular complexity index is 1530. The van der Waals surface area contributed by atoms with E-state index < -0.39 is 0 Å². The third-order valence-electron chi connectivity index (χ3n) is 7.85. The topological polar surface area (TPSA) is 81.5 Å². The van der Waals surface area contributed by atoms with Crippen LogP contribution in [0.25, 0.3) is 0 Å². The first kappa shape index (κ1) is 26.2. The Morgan fingerprint density at radius 3 is 1.21 bits per heavy atom. The Hall–Kier alpha value is -4.38. The van der Waals surface area contributed by atoms with Gasteiger partial charge < -0.3 is 15.0 Å². The van der Waals surface area contributed by atoms with Crippen molar-refractivity contribution in [2.45, 2.75) is 53.4 Å². The molecule has 5 aromatic rings. The maximum Gasteiger partial charge on any atom is 0.161 e. The summed E-state index contributed by atoms with van der Waals surface area (Å²) in [5.41, 5.74) is 11.6. The highest BCUT2D eigenvalue weighted by atomic mass is 16.1. The van der Waals surface area contributed by atoms with Gasteiger partial charge in [0.1, 0.15) is 0 Å². The van der Waals surface area contributed by atoms with Crippen molar-refractivity contribution in [2.24, 2.45) is 0 Å². The quantitative estimate of drug-likeness (QED) is 0.185. The lowest BCUT2D eigenvalue weighted by molar-refractivity contribution is 0.100. The number of rotatable bonds is 8. The molecule has 2 unspecified atom stereocenters. The largest absolute Gasteiger partial charge is 0.361 e. The van der Waals surface area contributed by atoms with Gasteiger partial charge in [0.2, 0.25) is 0 Å². The van der Waals surface area contributed by atoms with Gasteiger partial charge in [0.15, 0.2) is 11.6 Å². The molecule has 0 aliphatic carbocycles. The van der Waals surface area contributed by atoms with Crippen LogP contribution >= 0.6 is 0 Å². The van der Waals surface area contributed by atoms with Crippen LogP contribution in [0.15, 0.2) is 72.8 Å². The first-order chi connectivity index (χ1) is 18.7. The smallest absolute Gasteiger partial charge is 0.161 e. The van der Waals surface area contributed by atoms with Gasteiger partial charge in [0.25, 0.3) is 0 Å². The van der Waals surface area contributed by atoms with E-state index >= 15 is 0 Å². The molecule has 5 rings (SSSR count). The Labute approximate surface area is 229 Å². The standard InChI is InChI=1S/C34H35N3O2/c1-19-29(23(5)38)21(3)35-33(19)31(25-13-9-7-10-14-25)27-17-18-28(37-27)32(26-15-11-8-12-16-26)34-20(2)30(24(6)39)22(4)36-34/h7-18,31-32,35-37H,1-6H3. The van der Waals surface area contributed by atoms with Crippen molar-refractivity contribution >= 4 is 11.6 Å². The fourth-order valence-corrected chi connectivity index (χ4v) is 6.24. The molecule has 0 aliphatic rings. The predicted octanol–water partition coefficient (Wildman–Crippen LogP) is 7.67. The summed E-state index contributed by atoms with van der Waals surface area (Å²) in [6.07, 6.45) is 0. The van der Waals surface area contributed by atoms with E-state index in [1.807, 2.05) is 64.1 Å². The molecule has 0 fully saturated rings. The molecule has 5 nitrogen and oxygen atoms in total. The highest BCUT2D eigenvalue weighted by Gasteiger charge is 2.29. The molecular weight excluding hydrogens is 482 g/mol. The van der Waals surface area contributed by atoms with Gasteiger partial charge in [0, 0.05) is 45.3 Å². The summed E-state index contributed by atoms with van der Waals surface area (Å²) in [5, 5.41) is 0. The van der Waals surface area contributed by atoms with Crippen LogP contribution in [0.2, 0.25) is 0 Å². The van der Waals surface area contributed by atoms with E-state index in [9.17, 15) is 9.59 Å². The molecular formula is C34H35N3O2. The summed E-state index contributed by atoms with van der Waals surface area (Å²) in [6, 6.07) is 25.0. The van der Waals surface area contributed by atoms with Crippen molar-refractivity contribution in [3.05, 3.63) is 140 Å². The molecule has 2 aromatic carbocycles. The first-order valence-corrected chi connectivity index (χ1v) is 13.4. The van der Waals surface area contributed by atoms with Crippen LogP contribution < -0.4 is 0 Å². The average molecular weight is 518 g/mol. The van der Waals surface area contributed by atoms with Crippen molar-refractivity contribution in [1.82, 2.24) is 15.0 Å². The van der Waals surface area contributed by atoms with Gasteiger partial charge in [-0.3, -0.25) is 9.59 Å². The number of benzene rings is 2. The van der Waals surface area contributed by atoms with Crippen LogP contribution in [0, 0.1) is 27.7 Å². The second-order valence-corrected chi connectivity index (χ2v) is 10.5. The molecule has 5 heteroatoms. The highest BCUT2D eigenvalue weighted by Crippen LogP contribution is 2.39. The Morgan fingerprint density at radius 2 is 0.897 bits per heavy atom. The third-order valence-corrected chi connectivity index (χ3v) is 7.85. The number of aromatic nitrogens is 3. The summed E-state index contributed by atoms with van der Waals surface area (Å²) in [6.45, 7) is 11.2. The zero-order chi connectivity index (χ0) is 27.8. The zero-order valence-corrected chi connectivity index (χ0v) is 23.4. The second-order valence-electron chi connectivity index (χ2n) is 10.5. The van der Waals surface area contributed by atoms with E-state index in [2.05, 4.69) is 51.4 Å². The Balaban J connectivity index is 1.69. The lowest BCUT2D eigenvalue weighted by atomic mass is 9.89. The van der Waals surface area contributed by atoms with Crippen LogP contribution in [0.3, 0.4) is 0 Å². The van der Waals surface area contributed by atoms with Crippen molar-refractivity contribution in [2.75, 3.05) is 0 Å². The van der Waals surface area contributed by atoms with Gasteiger partial charge >= 0.3 is 0 Å². The third kappa shape index (κ3) is 4.69. The lowest BCUT2D eigenvalue weighted by Gasteiger charge is -2.19. The summed E-state index contributed by atoms with van der Waals surface area (Å²) in [4.78, 5) is 35.8. The molecule has 0 bridgehead atoms. The molecule has 3 N–H and O–H groups in total. The van der Waals surface area contributed by atoms with Gasteiger partial charge in [-0.2, -0.15) is 0 Å². The fraction of sp³-hybridized carbons (Fsp3) is 0.235. The molecule has 2 atom stereocenters. The number of carbonyl (C=O) groups is 2. The number of aromatic amines is 3. The summed E-state index contributed by atoms with van der Waals surface area (Å²) >= 11 is 0. The number of aryl methyl sites for hydroxylation is 2. The zero-order valence-electron chi connectivity index (χ0n) is 23.4. The SMILES string of the molecule is CC(=O)c1c(C)[nH]c(C(c2ccccc2)c2ccc(C(c3ccccc3)c3[nH]c(C)c(C(C)=O)c3C)[nH]2)c1C. The van der Waals surface area contributed by atoms with Crippen LogP contribution in [-0.4, -0.2) is 26.5 Å². The number of hydrogen-bond acceptors (Lipinski definition) is 2. The van der Waals surface area contributed by atoms with Crippen molar-refractivity contribution in [3.8, 4) is 0 Å². The summed E-state index contributed by atoms with van der Waals surface area (Å²) < 4.78 is 0. The second kappa shape index (κ2) is 10.4. The summed E-state index contributed by atoms with van der Waals surface area (Å²) in [5.74, 6) is -0.0890. The first-order valence-electron chi connectivity index (χ1n) is 13.4. The van der Waals surface area contributed by atoms with Gasteiger partial charge in [-0.05, 0) is 75.9 Å². The van der Waals surface area contributed by atoms with E-state index in [4.69, 9.17) is 0 Å². The van der Waals surface area contributed by atoms with E-state index in [1.165, 1.54) is 0 Å². The van der Waals surface area contributed by atoms with E-state index in [0.29, 0.717) is 0 Å². The van der Waals surface area contributed by atoms with E-state index in [0.717, 1.165) is 67.5 Å². The number of carbonyl (C=O) groups excluding carboxylic acids is 2. The molecule has 3 heterocycles. The average Bonchev–Trinajstić information content (AvgIpc) is 3.57. The van der Waals surface area contributed by atoms with Crippen LogP contribution in [0.5, 0.6) is 0 Å². The normalized spacial score (nSPS) is 12.9. The van der Waals surface area contributed by atoms with Gasteiger partial charge in [0.05, 0.1) is 11.8 Å². The van der Waals surface area contributed by atoms with E-state index in [1.54, 1.807) is 13.8 Å². The van der Waals surface area contributed by atoms with Gasteiger partial charge in [-0.15, -0.1) is 0 Å². The summed E-state index contributed by atoms with van der Waals surface area (Å²) in [7, 11) is 0. The van der Waals surface area contributed by atoms with Crippen molar-refractivity contribution in [1.29, 1.82) is 0 Å². The molecule has 0 radical (unpaired) electrons. The molecule has 0 amide bonds. The molecule has 0 saturated carbocycles. The molecule has 198 valence electrons. The highest BCUT2D eigenvalue weighted by molar-refractivity contribution is 5.97. The van der Waals surface area contributed by atoms with Gasteiger partial charge in [-0.1, -0.05) is 60.7 Å². The minimum Gasteiger partial charge on any atom is -0.361 e. The lowest BCUT2D eigenvalue weighted by Crippen LogP contribution is -2.09. The number of H-pyrrole nitrogens is 3. The molecule has 0 spiro atoms. The van der Waals surface area contributed by atoms with Crippen molar-refractivity contribution < 1.29 is 9.59 Å². The van der Waals surface area contributed by atoms with Gasteiger partial charge in [-0.25, -0.2) is 0 Å². The van der Waals surface area contributed by atoms with Crippen molar-refractivity contribution in [3.63, 3.8) is 0 Å². The molecule has 39 heavy (non-hydrogen) atoms. The fourth-order valence-electron chi connectivity index (χ4n) is 6.24. The monoisotopic (exact) mass is 517 g/mol. The minimum atomic E-state index is -0.109. The van der Waals surface area contributed by atoms with E-state index in [-0.39, 0.29) is 23.4 Å². The number of ketones is 2. The Kier molecular flexibility index (Phi) is 7.00. The van der Waals surface area contributed by atoms with Crippen LogP contribution in [-0.2, 0) is 0 Å². The molecule has 0 aliphatic heterocycles. The van der Waals surface area contributed by atoms with Crippen LogP contribution in [0.1, 0.15) is 103 Å². The van der Waals surface area contributed by atoms with Crippen LogP contribution in [0.4, 0.5) is 0 Å². The Morgan fingerprint density at radius 1 is 0.538 bits per heavy atom.